The monoisotopic (exact) mass is 401 g/mol. The van der Waals surface area contributed by atoms with Crippen molar-refractivity contribution < 1.29 is 23.8 Å². The van der Waals surface area contributed by atoms with Gasteiger partial charge in [0.25, 0.3) is 0 Å². The molecule has 8 nitrogen and oxygen atoms in total. The zero-order chi connectivity index (χ0) is 21.3. The number of hydrogen-bond donors (Lipinski definition) is 0. The van der Waals surface area contributed by atoms with Crippen LogP contribution in [0.25, 0.3) is 10.9 Å². The number of hydrogen-bond acceptors (Lipinski definition) is 7. The number of rotatable bonds is 3. The number of ether oxygens (including phenoxy) is 3. The highest BCUT2D eigenvalue weighted by Gasteiger charge is 2.43. The summed E-state index contributed by atoms with van der Waals surface area (Å²) in [6.45, 7) is 9.31. The van der Waals surface area contributed by atoms with Crippen LogP contribution < -0.4 is 4.74 Å². The van der Waals surface area contributed by atoms with Crippen LogP contribution in [-0.2, 0) is 14.3 Å². The third-order valence-corrected chi connectivity index (χ3v) is 4.57. The van der Waals surface area contributed by atoms with Gasteiger partial charge in [-0.2, -0.15) is 4.98 Å². The smallest absolute Gasteiger partial charge is 0.411 e. The van der Waals surface area contributed by atoms with Gasteiger partial charge in [0, 0.05) is 6.42 Å². The normalized spacial score (nSPS) is 19.3. The minimum Gasteiger partial charge on any atom is -0.472 e. The molecule has 0 saturated carbocycles. The average Bonchev–Trinajstić information content (AvgIpc) is 3.04. The zero-order valence-electron chi connectivity index (χ0n) is 17.7. The number of methoxy groups -OCH3 is 1. The SMILES string of the molecule is COC(=O)C1CC(Oc2nc(C)nc3ccc(C)cc23)CN1C(=O)OC(C)(C)C. The minimum atomic E-state index is -0.768. The lowest BCUT2D eigenvalue weighted by atomic mass is 10.1. The van der Waals surface area contributed by atoms with Crippen LogP contribution in [-0.4, -0.2) is 58.3 Å². The topological polar surface area (TPSA) is 90.9 Å². The predicted octanol–water partition coefficient (Wildman–Crippen LogP) is 3.18. The van der Waals surface area contributed by atoms with E-state index in [-0.39, 0.29) is 6.54 Å². The maximum atomic E-state index is 12.6. The Labute approximate surface area is 170 Å². The highest BCUT2D eigenvalue weighted by Crippen LogP contribution is 2.29. The van der Waals surface area contributed by atoms with Gasteiger partial charge in [0.05, 0.1) is 24.6 Å². The van der Waals surface area contributed by atoms with Gasteiger partial charge < -0.3 is 14.2 Å². The van der Waals surface area contributed by atoms with Gasteiger partial charge in [-0.25, -0.2) is 14.6 Å². The van der Waals surface area contributed by atoms with E-state index in [2.05, 4.69) is 9.97 Å². The minimum absolute atomic E-state index is 0.199. The molecule has 0 bridgehead atoms. The fourth-order valence-corrected chi connectivity index (χ4v) is 3.34. The lowest BCUT2D eigenvalue weighted by molar-refractivity contribution is -0.145. The van der Waals surface area contributed by atoms with E-state index in [0.717, 1.165) is 16.5 Å². The first-order valence-electron chi connectivity index (χ1n) is 9.56. The van der Waals surface area contributed by atoms with Crippen molar-refractivity contribution in [3.8, 4) is 5.88 Å². The number of benzene rings is 1. The Kier molecular flexibility index (Phi) is 5.64. The molecule has 0 radical (unpaired) electrons. The number of carbonyl (C=O) groups excluding carboxylic acids is 2. The predicted molar refractivity (Wildman–Crippen MR) is 107 cm³/mol. The molecule has 2 heterocycles. The van der Waals surface area contributed by atoms with Crippen molar-refractivity contribution in [1.29, 1.82) is 0 Å². The van der Waals surface area contributed by atoms with Crippen molar-refractivity contribution >= 4 is 23.0 Å². The van der Waals surface area contributed by atoms with Gasteiger partial charge in [0.15, 0.2) is 0 Å². The molecule has 2 aromatic rings. The summed E-state index contributed by atoms with van der Waals surface area (Å²) < 4.78 is 16.5. The van der Waals surface area contributed by atoms with Crippen LogP contribution in [0.4, 0.5) is 4.79 Å². The Morgan fingerprint density at radius 2 is 1.90 bits per heavy atom. The second kappa shape index (κ2) is 7.85. The van der Waals surface area contributed by atoms with Gasteiger partial charge in [-0.1, -0.05) is 11.6 Å². The summed E-state index contributed by atoms with van der Waals surface area (Å²) >= 11 is 0. The van der Waals surface area contributed by atoms with Crippen molar-refractivity contribution in [2.24, 2.45) is 0 Å². The van der Waals surface area contributed by atoms with E-state index in [1.54, 1.807) is 27.7 Å². The second-order valence-corrected chi connectivity index (χ2v) is 8.24. The maximum Gasteiger partial charge on any atom is 0.411 e. The van der Waals surface area contributed by atoms with E-state index in [4.69, 9.17) is 14.2 Å². The first kappa shape index (κ1) is 20.8. The number of aromatic nitrogens is 2. The van der Waals surface area contributed by atoms with Crippen LogP contribution in [0.3, 0.4) is 0 Å². The Morgan fingerprint density at radius 3 is 2.55 bits per heavy atom. The summed E-state index contributed by atoms with van der Waals surface area (Å²) in [6.07, 6.45) is -0.703. The summed E-state index contributed by atoms with van der Waals surface area (Å²) in [5.74, 6) is 0.528. The first-order valence-corrected chi connectivity index (χ1v) is 9.56. The van der Waals surface area contributed by atoms with E-state index in [1.807, 2.05) is 25.1 Å². The lowest BCUT2D eigenvalue weighted by Gasteiger charge is -2.27. The van der Waals surface area contributed by atoms with Crippen LogP contribution in [0.1, 0.15) is 38.6 Å². The number of fused-ring (bicyclic) bond motifs is 1. The summed E-state index contributed by atoms with van der Waals surface area (Å²) in [4.78, 5) is 35.1. The molecule has 1 aromatic carbocycles. The standard InChI is InChI=1S/C21H27N3O5/c1-12-7-8-16-15(9-12)18(23-13(2)22-16)28-14-10-17(19(25)27-6)24(11-14)20(26)29-21(3,4)5/h7-9,14,17H,10-11H2,1-6H3. The molecule has 1 aromatic heterocycles. The van der Waals surface area contributed by atoms with E-state index in [9.17, 15) is 9.59 Å². The zero-order valence-corrected chi connectivity index (χ0v) is 17.7. The number of likely N-dealkylation sites (tertiary alicyclic amines) is 1. The molecule has 8 heteroatoms. The van der Waals surface area contributed by atoms with Gasteiger partial charge in [0.2, 0.25) is 5.88 Å². The third-order valence-electron chi connectivity index (χ3n) is 4.57. The number of esters is 1. The van der Waals surface area contributed by atoms with E-state index < -0.39 is 29.8 Å². The number of aryl methyl sites for hydroxylation is 2. The maximum absolute atomic E-state index is 12.6. The van der Waals surface area contributed by atoms with Gasteiger partial charge >= 0.3 is 12.1 Å². The molecule has 1 aliphatic rings. The van der Waals surface area contributed by atoms with E-state index >= 15 is 0 Å². The van der Waals surface area contributed by atoms with Crippen molar-refractivity contribution in [3.63, 3.8) is 0 Å². The van der Waals surface area contributed by atoms with Gasteiger partial charge in [-0.05, 0) is 46.8 Å². The Morgan fingerprint density at radius 1 is 1.17 bits per heavy atom. The molecule has 2 atom stereocenters. The van der Waals surface area contributed by atoms with Gasteiger partial charge in [-0.3, -0.25) is 4.90 Å². The molecule has 1 amide bonds. The molecule has 0 N–H and O–H groups in total. The van der Waals surface area contributed by atoms with Crippen molar-refractivity contribution in [3.05, 3.63) is 29.6 Å². The summed E-state index contributed by atoms with van der Waals surface area (Å²) in [5.41, 5.74) is 1.17. The van der Waals surface area contributed by atoms with Crippen LogP contribution >= 0.6 is 0 Å². The van der Waals surface area contributed by atoms with E-state index in [0.29, 0.717) is 18.1 Å². The molecular weight excluding hydrogens is 374 g/mol. The quantitative estimate of drug-likeness (QED) is 0.730. The first-order chi connectivity index (χ1) is 13.6. The molecule has 1 aliphatic heterocycles. The van der Waals surface area contributed by atoms with Crippen LogP contribution in [0.2, 0.25) is 0 Å². The summed E-state index contributed by atoms with van der Waals surface area (Å²) in [5, 5.41) is 0.793. The molecular formula is C21H27N3O5. The number of amides is 1. The van der Waals surface area contributed by atoms with Crippen LogP contribution in [0.5, 0.6) is 5.88 Å². The number of nitrogens with zero attached hydrogens (tertiary/aromatic N) is 3. The van der Waals surface area contributed by atoms with Crippen molar-refractivity contribution in [2.75, 3.05) is 13.7 Å². The highest BCUT2D eigenvalue weighted by atomic mass is 16.6. The summed E-state index contributed by atoms with van der Waals surface area (Å²) in [6, 6.07) is 5.09. The van der Waals surface area contributed by atoms with Gasteiger partial charge in [0.1, 0.15) is 23.6 Å². The molecule has 1 saturated heterocycles. The fraction of sp³-hybridized carbons (Fsp3) is 0.524. The van der Waals surface area contributed by atoms with Crippen molar-refractivity contribution in [1.82, 2.24) is 14.9 Å². The number of carbonyl (C=O) groups is 2. The van der Waals surface area contributed by atoms with Crippen molar-refractivity contribution in [2.45, 2.75) is 58.8 Å². The molecule has 0 spiro atoms. The Hall–Kier alpha value is -2.90. The molecule has 29 heavy (non-hydrogen) atoms. The molecule has 1 fully saturated rings. The molecule has 3 rings (SSSR count). The molecule has 0 aliphatic carbocycles. The molecule has 156 valence electrons. The van der Waals surface area contributed by atoms with Gasteiger partial charge in [-0.15, -0.1) is 0 Å². The average molecular weight is 401 g/mol. The lowest BCUT2D eigenvalue weighted by Crippen LogP contribution is -2.44. The third kappa shape index (κ3) is 4.75. The Bertz CT molecular complexity index is 938. The largest absolute Gasteiger partial charge is 0.472 e. The highest BCUT2D eigenvalue weighted by molar-refractivity contribution is 5.84. The summed E-state index contributed by atoms with van der Waals surface area (Å²) in [7, 11) is 1.30. The molecule has 2 unspecified atom stereocenters. The van der Waals surface area contributed by atoms with Crippen LogP contribution in [0, 0.1) is 13.8 Å². The fourth-order valence-electron chi connectivity index (χ4n) is 3.34. The van der Waals surface area contributed by atoms with Crippen LogP contribution in [0.15, 0.2) is 18.2 Å². The van der Waals surface area contributed by atoms with E-state index in [1.165, 1.54) is 12.0 Å². The Balaban J connectivity index is 1.87. The second-order valence-electron chi connectivity index (χ2n) is 8.24.